The molecule has 8 nitrogen and oxygen atoms in total. The van der Waals surface area contributed by atoms with E-state index in [1.54, 1.807) is 11.8 Å². The van der Waals surface area contributed by atoms with Crippen molar-refractivity contribution in [2.75, 3.05) is 19.7 Å². The Morgan fingerprint density at radius 1 is 1.40 bits per heavy atom. The highest BCUT2D eigenvalue weighted by molar-refractivity contribution is 6.05. The second kappa shape index (κ2) is 7.20. The Morgan fingerprint density at radius 2 is 2.16 bits per heavy atom. The van der Waals surface area contributed by atoms with Crippen LogP contribution < -0.4 is 11.1 Å². The Morgan fingerprint density at radius 3 is 2.92 bits per heavy atom. The van der Waals surface area contributed by atoms with Crippen molar-refractivity contribution >= 4 is 22.7 Å². The number of aromatic nitrogens is 2. The molecule has 1 saturated heterocycles. The minimum atomic E-state index is -0.658. The van der Waals surface area contributed by atoms with E-state index < -0.39 is 6.04 Å². The zero-order valence-electron chi connectivity index (χ0n) is 14.4. The van der Waals surface area contributed by atoms with Gasteiger partial charge in [-0.25, -0.2) is 0 Å². The van der Waals surface area contributed by atoms with Crippen LogP contribution in [-0.4, -0.2) is 64.8 Å². The summed E-state index contributed by atoms with van der Waals surface area (Å²) in [5.41, 5.74) is 6.92. The number of nitrogens with one attached hydrogen (secondary N) is 2. The molecule has 4 N–H and O–H groups in total. The van der Waals surface area contributed by atoms with E-state index in [0.29, 0.717) is 19.7 Å². The van der Waals surface area contributed by atoms with Gasteiger partial charge in [0.2, 0.25) is 5.91 Å². The lowest BCUT2D eigenvalue weighted by Gasteiger charge is -2.36. The molecule has 3 unspecified atom stereocenters. The van der Waals surface area contributed by atoms with Gasteiger partial charge in [0.25, 0.3) is 5.91 Å². The second-order valence-electron chi connectivity index (χ2n) is 6.37. The first-order valence-electron chi connectivity index (χ1n) is 8.37. The number of hydrogen-bond donors (Lipinski definition) is 3. The van der Waals surface area contributed by atoms with Crippen LogP contribution in [0.25, 0.3) is 10.9 Å². The molecule has 0 spiro atoms. The summed E-state index contributed by atoms with van der Waals surface area (Å²) >= 11 is 0. The van der Waals surface area contributed by atoms with Gasteiger partial charge < -0.3 is 20.7 Å². The molecule has 0 aliphatic carbocycles. The fourth-order valence-electron chi connectivity index (χ4n) is 2.93. The normalized spacial score (nSPS) is 20.3. The summed E-state index contributed by atoms with van der Waals surface area (Å²) in [4.78, 5) is 26.8. The first-order valence-corrected chi connectivity index (χ1v) is 8.37. The standard InChI is InChI=1S/C17H23N5O3/c1-10(18)14-9-22(7-8-25-14)17(24)11(2)19-16(23)15-12-5-3-4-6-13(12)20-21-15/h3-6,10-11,14H,7-9,18H2,1-2H3,(H,19,23)(H,20,21). The highest BCUT2D eigenvalue weighted by Crippen LogP contribution is 2.15. The van der Waals surface area contributed by atoms with E-state index in [2.05, 4.69) is 15.5 Å². The number of rotatable bonds is 4. The number of benzene rings is 1. The van der Waals surface area contributed by atoms with E-state index in [9.17, 15) is 9.59 Å². The fraction of sp³-hybridized carbons (Fsp3) is 0.471. The van der Waals surface area contributed by atoms with Gasteiger partial charge in [0.1, 0.15) is 6.04 Å². The molecule has 1 aliphatic rings. The van der Waals surface area contributed by atoms with Gasteiger partial charge in [-0.1, -0.05) is 18.2 Å². The Kier molecular flexibility index (Phi) is 5.00. The smallest absolute Gasteiger partial charge is 0.273 e. The predicted molar refractivity (Wildman–Crippen MR) is 93.0 cm³/mol. The molecule has 2 amide bonds. The van der Waals surface area contributed by atoms with E-state index in [1.165, 1.54) is 0 Å². The number of para-hydroxylation sites is 1. The van der Waals surface area contributed by atoms with Crippen LogP contribution in [0.4, 0.5) is 0 Å². The van der Waals surface area contributed by atoms with Crippen LogP contribution in [-0.2, 0) is 9.53 Å². The predicted octanol–water partition coefficient (Wildman–Crippen LogP) is 0.256. The van der Waals surface area contributed by atoms with E-state index in [1.807, 2.05) is 31.2 Å². The van der Waals surface area contributed by atoms with E-state index in [0.717, 1.165) is 10.9 Å². The summed E-state index contributed by atoms with van der Waals surface area (Å²) in [7, 11) is 0. The van der Waals surface area contributed by atoms with Gasteiger partial charge in [-0.3, -0.25) is 14.7 Å². The Bertz CT molecular complexity index is 772. The summed E-state index contributed by atoms with van der Waals surface area (Å²) in [5, 5.41) is 10.3. The lowest BCUT2D eigenvalue weighted by molar-refractivity contribution is -0.140. The first-order chi connectivity index (χ1) is 12.0. The summed E-state index contributed by atoms with van der Waals surface area (Å²) in [6.45, 7) is 4.90. The van der Waals surface area contributed by atoms with Crippen molar-refractivity contribution < 1.29 is 14.3 Å². The number of amides is 2. The third-order valence-electron chi connectivity index (χ3n) is 4.40. The minimum Gasteiger partial charge on any atom is -0.373 e. The average molecular weight is 345 g/mol. The molecule has 0 bridgehead atoms. The Labute approximate surface area is 145 Å². The topological polar surface area (TPSA) is 113 Å². The molecule has 1 aromatic heterocycles. The van der Waals surface area contributed by atoms with Crippen LogP contribution in [0.3, 0.4) is 0 Å². The number of nitrogens with zero attached hydrogens (tertiary/aromatic N) is 2. The van der Waals surface area contributed by atoms with Crippen LogP contribution >= 0.6 is 0 Å². The summed E-state index contributed by atoms with van der Waals surface area (Å²) < 4.78 is 5.57. The van der Waals surface area contributed by atoms with Gasteiger partial charge >= 0.3 is 0 Å². The highest BCUT2D eigenvalue weighted by atomic mass is 16.5. The number of carbonyl (C=O) groups is 2. The molecule has 8 heteroatoms. The van der Waals surface area contributed by atoms with Crippen LogP contribution in [0.2, 0.25) is 0 Å². The maximum Gasteiger partial charge on any atom is 0.273 e. The molecule has 3 rings (SSSR count). The molecule has 0 radical (unpaired) electrons. The molecule has 0 saturated carbocycles. The van der Waals surface area contributed by atoms with Gasteiger partial charge in [0, 0.05) is 24.5 Å². The van der Waals surface area contributed by atoms with Gasteiger partial charge in [-0.2, -0.15) is 5.10 Å². The molecule has 1 aliphatic heterocycles. The van der Waals surface area contributed by atoms with Crippen molar-refractivity contribution in [1.29, 1.82) is 0 Å². The third kappa shape index (κ3) is 3.64. The number of fused-ring (bicyclic) bond motifs is 1. The maximum atomic E-state index is 12.6. The quantitative estimate of drug-likeness (QED) is 0.735. The SMILES string of the molecule is CC(NC(=O)c1n[nH]c2ccccc12)C(=O)N1CCOC(C(C)N)C1. The Hall–Kier alpha value is -2.45. The summed E-state index contributed by atoms with van der Waals surface area (Å²) in [6.07, 6.45) is -0.184. The van der Waals surface area contributed by atoms with Crippen molar-refractivity contribution in [3.8, 4) is 0 Å². The molecule has 1 fully saturated rings. The molecule has 25 heavy (non-hydrogen) atoms. The van der Waals surface area contributed by atoms with E-state index in [4.69, 9.17) is 10.5 Å². The molecule has 2 aromatic rings. The Balaban J connectivity index is 1.66. The minimum absolute atomic E-state index is 0.151. The zero-order chi connectivity index (χ0) is 18.0. The number of hydrogen-bond acceptors (Lipinski definition) is 5. The number of morpholine rings is 1. The number of H-pyrrole nitrogens is 1. The first kappa shape index (κ1) is 17.4. The van der Waals surface area contributed by atoms with Crippen LogP contribution in [0.5, 0.6) is 0 Å². The summed E-state index contributed by atoms with van der Waals surface area (Å²) in [5.74, 6) is -0.530. The van der Waals surface area contributed by atoms with Gasteiger partial charge in [0.15, 0.2) is 5.69 Å². The second-order valence-corrected chi connectivity index (χ2v) is 6.37. The van der Waals surface area contributed by atoms with Crippen molar-refractivity contribution in [2.45, 2.75) is 32.0 Å². The van der Waals surface area contributed by atoms with Crippen molar-refractivity contribution in [3.63, 3.8) is 0 Å². The molecule has 3 atom stereocenters. The molecule has 1 aromatic carbocycles. The van der Waals surface area contributed by atoms with Gasteiger partial charge in [0.05, 0.1) is 18.2 Å². The van der Waals surface area contributed by atoms with Crippen LogP contribution in [0.15, 0.2) is 24.3 Å². The van der Waals surface area contributed by atoms with E-state index >= 15 is 0 Å². The monoisotopic (exact) mass is 345 g/mol. The van der Waals surface area contributed by atoms with Gasteiger partial charge in [-0.05, 0) is 19.9 Å². The number of carbonyl (C=O) groups excluding carboxylic acids is 2. The number of nitrogens with two attached hydrogens (primary N) is 1. The molecular weight excluding hydrogens is 322 g/mol. The fourth-order valence-corrected chi connectivity index (χ4v) is 2.93. The van der Waals surface area contributed by atoms with Crippen molar-refractivity contribution in [1.82, 2.24) is 20.4 Å². The lowest BCUT2D eigenvalue weighted by atomic mass is 10.1. The van der Waals surface area contributed by atoms with Gasteiger partial charge in [-0.15, -0.1) is 0 Å². The zero-order valence-corrected chi connectivity index (χ0v) is 14.4. The lowest BCUT2D eigenvalue weighted by Crippen LogP contribution is -2.55. The van der Waals surface area contributed by atoms with Crippen LogP contribution in [0, 0.1) is 0 Å². The third-order valence-corrected chi connectivity index (χ3v) is 4.40. The maximum absolute atomic E-state index is 12.6. The highest BCUT2D eigenvalue weighted by Gasteiger charge is 2.30. The molecule has 134 valence electrons. The number of ether oxygens (including phenoxy) is 1. The summed E-state index contributed by atoms with van der Waals surface area (Å²) in [6, 6.07) is 6.54. The molecule has 2 heterocycles. The van der Waals surface area contributed by atoms with Crippen molar-refractivity contribution in [3.05, 3.63) is 30.0 Å². The van der Waals surface area contributed by atoms with Crippen LogP contribution in [0.1, 0.15) is 24.3 Å². The average Bonchev–Trinajstić information content (AvgIpc) is 3.05. The van der Waals surface area contributed by atoms with E-state index in [-0.39, 0.29) is 29.7 Å². The van der Waals surface area contributed by atoms with Crippen molar-refractivity contribution in [2.24, 2.45) is 5.73 Å². The molecular formula is C17H23N5O3. The largest absolute Gasteiger partial charge is 0.373 e. The number of aromatic amines is 1.